The highest BCUT2D eigenvalue weighted by molar-refractivity contribution is 5.81. The Bertz CT molecular complexity index is 735. The molecule has 0 aliphatic heterocycles. The van der Waals surface area contributed by atoms with Crippen LogP contribution in [0.3, 0.4) is 0 Å². The van der Waals surface area contributed by atoms with Crippen LogP contribution in [0.4, 0.5) is 0 Å². The van der Waals surface area contributed by atoms with Gasteiger partial charge in [-0.1, -0.05) is 31.4 Å². The van der Waals surface area contributed by atoms with Crippen molar-refractivity contribution >= 4 is 16.9 Å². The van der Waals surface area contributed by atoms with Gasteiger partial charge in [0, 0.05) is 0 Å². The Kier molecular flexibility index (Phi) is 3.84. The van der Waals surface area contributed by atoms with E-state index in [0.717, 1.165) is 49.0 Å². The van der Waals surface area contributed by atoms with Gasteiger partial charge in [0.05, 0.1) is 17.1 Å². The molecule has 3 rings (SSSR count). The minimum Gasteiger partial charge on any atom is -0.336 e. The van der Waals surface area contributed by atoms with Gasteiger partial charge in [-0.05, 0) is 31.9 Å². The van der Waals surface area contributed by atoms with E-state index in [4.69, 9.17) is 0 Å². The molecule has 1 aromatic carbocycles. The van der Waals surface area contributed by atoms with Gasteiger partial charge in [0.25, 0.3) is 0 Å². The number of para-hydroxylation sites is 2. The van der Waals surface area contributed by atoms with Crippen molar-refractivity contribution < 1.29 is 4.79 Å². The lowest BCUT2D eigenvalue weighted by Crippen LogP contribution is -2.49. The maximum atomic E-state index is 12.4. The van der Waals surface area contributed by atoms with E-state index >= 15 is 0 Å². The van der Waals surface area contributed by atoms with Crippen LogP contribution in [0.25, 0.3) is 11.0 Å². The third-order valence-electron chi connectivity index (χ3n) is 4.45. The van der Waals surface area contributed by atoms with Crippen molar-refractivity contribution in [2.75, 3.05) is 0 Å². The van der Waals surface area contributed by atoms with E-state index in [1.165, 1.54) is 0 Å². The number of hydrogen-bond donors (Lipinski definition) is 1. The van der Waals surface area contributed by atoms with Crippen molar-refractivity contribution in [2.24, 2.45) is 0 Å². The summed E-state index contributed by atoms with van der Waals surface area (Å²) in [5.74, 6) is 0.695. The zero-order valence-electron chi connectivity index (χ0n) is 12.8. The van der Waals surface area contributed by atoms with Crippen molar-refractivity contribution in [3.8, 4) is 6.07 Å². The van der Waals surface area contributed by atoms with Gasteiger partial charge >= 0.3 is 0 Å². The van der Waals surface area contributed by atoms with Gasteiger partial charge in [0.2, 0.25) is 5.91 Å². The van der Waals surface area contributed by atoms with Crippen LogP contribution in [-0.4, -0.2) is 21.0 Å². The molecular formula is C17H20N4O. The number of nitriles is 1. The molecule has 0 radical (unpaired) electrons. The number of nitrogens with one attached hydrogen (secondary N) is 1. The maximum Gasteiger partial charge on any atom is 0.241 e. The molecule has 1 fully saturated rings. The van der Waals surface area contributed by atoms with Crippen LogP contribution in [0, 0.1) is 18.3 Å². The maximum absolute atomic E-state index is 12.4. The van der Waals surface area contributed by atoms with Crippen LogP contribution >= 0.6 is 0 Å². The van der Waals surface area contributed by atoms with E-state index in [0.29, 0.717) is 0 Å². The van der Waals surface area contributed by atoms with E-state index in [-0.39, 0.29) is 12.5 Å². The first-order valence-corrected chi connectivity index (χ1v) is 7.78. The highest BCUT2D eigenvalue weighted by Crippen LogP contribution is 2.27. The largest absolute Gasteiger partial charge is 0.336 e. The lowest BCUT2D eigenvalue weighted by Gasteiger charge is -2.31. The fraction of sp³-hybridized carbons (Fsp3) is 0.471. The molecule has 0 saturated heterocycles. The second kappa shape index (κ2) is 5.80. The van der Waals surface area contributed by atoms with Gasteiger partial charge < -0.3 is 9.88 Å². The molecule has 1 aliphatic carbocycles. The van der Waals surface area contributed by atoms with Crippen molar-refractivity contribution in [2.45, 2.75) is 51.1 Å². The number of rotatable bonds is 3. The van der Waals surface area contributed by atoms with Crippen molar-refractivity contribution in [3.63, 3.8) is 0 Å². The average Bonchev–Trinajstić information content (AvgIpc) is 2.84. The molecule has 2 aromatic rings. The Morgan fingerprint density at radius 2 is 2.09 bits per heavy atom. The second-order valence-electron chi connectivity index (χ2n) is 6.04. The van der Waals surface area contributed by atoms with Gasteiger partial charge in [-0.25, -0.2) is 4.98 Å². The zero-order valence-corrected chi connectivity index (χ0v) is 12.8. The highest BCUT2D eigenvalue weighted by Gasteiger charge is 2.33. The molecule has 0 bridgehead atoms. The number of amides is 1. The summed E-state index contributed by atoms with van der Waals surface area (Å²) in [5, 5.41) is 12.4. The molecule has 1 amide bonds. The van der Waals surface area contributed by atoms with E-state index in [9.17, 15) is 10.1 Å². The molecule has 22 heavy (non-hydrogen) atoms. The molecule has 0 unspecified atom stereocenters. The molecule has 1 heterocycles. The summed E-state index contributed by atoms with van der Waals surface area (Å²) in [7, 11) is 0. The van der Waals surface area contributed by atoms with Crippen LogP contribution in [-0.2, 0) is 11.3 Å². The van der Waals surface area contributed by atoms with E-state index in [1.807, 2.05) is 35.8 Å². The van der Waals surface area contributed by atoms with Gasteiger partial charge in [-0.15, -0.1) is 0 Å². The third kappa shape index (κ3) is 2.69. The van der Waals surface area contributed by atoms with E-state index in [2.05, 4.69) is 16.4 Å². The molecule has 0 spiro atoms. The summed E-state index contributed by atoms with van der Waals surface area (Å²) in [5.41, 5.74) is 1.16. The first-order valence-electron chi connectivity index (χ1n) is 7.78. The van der Waals surface area contributed by atoms with Crippen LogP contribution in [0.5, 0.6) is 0 Å². The van der Waals surface area contributed by atoms with Crippen molar-refractivity contribution in [1.82, 2.24) is 14.9 Å². The Hall–Kier alpha value is -2.35. The summed E-state index contributed by atoms with van der Waals surface area (Å²) >= 11 is 0. The van der Waals surface area contributed by atoms with Crippen molar-refractivity contribution in [3.05, 3.63) is 30.1 Å². The molecule has 1 aromatic heterocycles. The Morgan fingerprint density at radius 3 is 2.82 bits per heavy atom. The SMILES string of the molecule is Cc1nc2ccccc2n1CC(=O)NC1(C#N)CCCCC1. The average molecular weight is 296 g/mol. The Labute approximate surface area is 129 Å². The number of fused-ring (bicyclic) bond motifs is 1. The number of benzene rings is 1. The smallest absolute Gasteiger partial charge is 0.241 e. The standard InChI is InChI=1S/C17H20N4O/c1-13-19-14-7-3-4-8-15(14)21(13)11-16(22)20-17(12-18)9-5-2-6-10-17/h3-4,7-8H,2,5-6,9-11H2,1H3,(H,20,22). The molecule has 5 heteroatoms. The lowest BCUT2D eigenvalue weighted by molar-refractivity contribution is -0.123. The molecule has 5 nitrogen and oxygen atoms in total. The first kappa shape index (κ1) is 14.6. The van der Waals surface area contributed by atoms with Crippen LogP contribution < -0.4 is 5.32 Å². The molecule has 1 N–H and O–H groups in total. The highest BCUT2D eigenvalue weighted by atomic mass is 16.2. The number of hydrogen-bond acceptors (Lipinski definition) is 3. The monoisotopic (exact) mass is 296 g/mol. The minimum absolute atomic E-state index is 0.116. The second-order valence-corrected chi connectivity index (χ2v) is 6.04. The number of nitrogens with zero attached hydrogens (tertiary/aromatic N) is 3. The summed E-state index contributed by atoms with van der Waals surface area (Å²) in [4.78, 5) is 16.9. The van der Waals surface area contributed by atoms with Crippen LogP contribution in [0.1, 0.15) is 37.9 Å². The summed E-state index contributed by atoms with van der Waals surface area (Å²) in [6.45, 7) is 2.10. The normalized spacial score (nSPS) is 17.1. The van der Waals surface area contributed by atoms with Crippen LogP contribution in [0.2, 0.25) is 0 Å². The fourth-order valence-corrected chi connectivity index (χ4v) is 3.27. The Morgan fingerprint density at radius 1 is 1.36 bits per heavy atom. The number of aryl methyl sites for hydroxylation is 1. The molecule has 114 valence electrons. The molecule has 1 saturated carbocycles. The topological polar surface area (TPSA) is 70.7 Å². The third-order valence-corrected chi connectivity index (χ3v) is 4.45. The molecule has 0 atom stereocenters. The number of carbonyl (C=O) groups excluding carboxylic acids is 1. The predicted molar refractivity (Wildman–Crippen MR) is 84.0 cm³/mol. The van der Waals surface area contributed by atoms with Crippen molar-refractivity contribution in [1.29, 1.82) is 5.26 Å². The van der Waals surface area contributed by atoms with Crippen LogP contribution in [0.15, 0.2) is 24.3 Å². The first-order chi connectivity index (χ1) is 10.6. The fourth-order valence-electron chi connectivity index (χ4n) is 3.27. The lowest BCUT2D eigenvalue weighted by atomic mass is 9.83. The number of imidazole rings is 1. The number of aromatic nitrogens is 2. The number of carbonyl (C=O) groups is 1. The van der Waals surface area contributed by atoms with Gasteiger partial charge in [-0.2, -0.15) is 5.26 Å². The van der Waals surface area contributed by atoms with Gasteiger partial charge in [-0.3, -0.25) is 4.79 Å². The summed E-state index contributed by atoms with van der Waals surface area (Å²) < 4.78 is 1.90. The van der Waals surface area contributed by atoms with E-state index < -0.39 is 5.54 Å². The van der Waals surface area contributed by atoms with Gasteiger partial charge in [0.1, 0.15) is 17.9 Å². The summed E-state index contributed by atoms with van der Waals surface area (Å²) in [6.07, 6.45) is 4.64. The minimum atomic E-state index is -0.681. The van der Waals surface area contributed by atoms with Gasteiger partial charge in [0.15, 0.2) is 0 Å². The predicted octanol–water partition coefficient (Wildman–Crippen LogP) is 2.69. The molecule has 1 aliphatic rings. The van der Waals surface area contributed by atoms with E-state index in [1.54, 1.807) is 0 Å². The Balaban J connectivity index is 1.79. The summed E-state index contributed by atoms with van der Waals surface area (Å²) in [6, 6.07) is 10.1. The quantitative estimate of drug-likeness (QED) is 0.946. The zero-order chi connectivity index (χ0) is 15.6. The molecular weight excluding hydrogens is 276 g/mol.